The smallest absolute Gasteiger partial charge is 0.305 e. The van der Waals surface area contributed by atoms with Gasteiger partial charge in [-0.3, -0.25) is 4.79 Å². The second kappa shape index (κ2) is 6.00. The van der Waals surface area contributed by atoms with Gasteiger partial charge < -0.3 is 4.74 Å². The summed E-state index contributed by atoms with van der Waals surface area (Å²) in [6.07, 6.45) is 0.101. The van der Waals surface area contributed by atoms with Gasteiger partial charge in [0.05, 0.1) is 17.3 Å². The van der Waals surface area contributed by atoms with Crippen LogP contribution in [0.3, 0.4) is 0 Å². The van der Waals surface area contributed by atoms with Crippen LogP contribution in [0.1, 0.15) is 20.3 Å². The molecule has 0 fully saturated rings. The predicted octanol–water partition coefficient (Wildman–Crippen LogP) is 2.05. The Morgan fingerprint density at radius 2 is 1.78 bits per heavy atom. The molecule has 0 saturated heterocycles. The molecule has 0 radical (unpaired) electrons. The number of carbonyl (C=O) groups excluding carboxylic acids is 1. The Labute approximate surface area is 108 Å². The molecule has 0 heterocycles. The van der Waals surface area contributed by atoms with Crippen LogP contribution in [0.15, 0.2) is 35.2 Å². The summed E-state index contributed by atoms with van der Waals surface area (Å²) in [5, 5.41) is -0.626. The van der Waals surface area contributed by atoms with E-state index in [4.69, 9.17) is 0 Å². The normalized spacial score (nSPS) is 14.8. The Bertz CT molecular complexity index is 493. The Morgan fingerprint density at radius 1 is 1.22 bits per heavy atom. The molecule has 2 atom stereocenters. The first kappa shape index (κ1) is 14.7. The molecular weight excluding hydrogens is 252 g/mol. The van der Waals surface area contributed by atoms with Gasteiger partial charge in [-0.25, -0.2) is 8.42 Å². The maximum atomic E-state index is 12.3. The van der Waals surface area contributed by atoms with E-state index in [0.29, 0.717) is 0 Å². The summed E-state index contributed by atoms with van der Waals surface area (Å²) in [4.78, 5) is 11.5. The molecule has 100 valence electrons. The van der Waals surface area contributed by atoms with Crippen molar-refractivity contribution in [3.8, 4) is 0 Å². The fourth-order valence-electron chi connectivity index (χ4n) is 1.64. The molecule has 0 amide bonds. The molecule has 5 heteroatoms. The lowest BCUT2D eigenvalue weighted by Gasteiger charge is -2.19. The number of methoxy groups -OCH3 is 1. The van der Waals surface area contributed by atoms with Crippen molar-refractivity contribution in [1.29, 1.82) is 0 Å². The number of hydrogen-bond acceptors (Lipinski definition) is 4. The second-order valence-corrected chi connectivity index (χ2v) is 6.63. The highest BCUT2D eigenvalue weighted by Gasteiger charge is 2.29. The third-order valence-electron chi connectivity index (χ3n) is 3.08. The standard InChI is InChI=1S/C13H18O4S/c1-10(9-13(14)17-3)11(2)18(15,16)12-7-5-4-6-8-12/h4-8,10-11H,9H2,1-3H3/t10-,11+/m0/s1. The van der Waals surface area contributed by atoms with Crippen molar-refractivity contribution >= 4 is 15.8 Å². The van der Waals surface area contributed by atoms with Crippen molar-refractivity contribution in [2.45, 2.75) is 30.4 Å². The molecule has 0 aliphatic rings. The van der Waals surface area contributed by atoms with Gasteiger partial charge >= 0.3 is 5.97 Å². The Hall–Kier alpha value is -1.36. The Morgan fingerprint density at radius 3 is 2.28 bits per heavy atom. The van der Waals surface area contributed by atoms with Crippen molar-refractivity contribution in [2.24, 2.45) is 5.92 Å². The van der Waals surface area contributed by atoms with E-state index in [1.165, 1.54) is 7.11 Å². The van der Waals surface area contributed by atoms with Gasteiger partial charge in [0.15, 0.2) is 9.84 Å². The minimum Gasteiger partial charge on any atom is -0.469 e. The first-order valence-electron chi connectivity index (χ1n) is 5.75. The zero-order valence-corrected chi connectivity index (χ0v) is 11.6. The lowest BCUT2D eigenvalue weighted by molar-refractivity contribution is -0.141. The second-order valence-electron chi connectivity index (χ2n) is 4.32. The van der Waals surface area contributed by atoms with Gasteiger partial charge in [-0.15, -0.1) is 0 Å². The van der Waals surface area contributed by atoms with E-state index in [2.05, 4.69) is 4.74 Å². The van der Waals surface area contributed by atoms with Gasteiger partial charge in [0.1, 0.15) is 0 Å². The molecule has 0 N–H and O–H groups in total. The summed E-state index contributed by atoms with van der Waals surface area (Å²) in [5.41, 5.74) is 0. The molecular formula is C13H18O4S. The van der Waals surface area contributed by atoms with Crippen LogP contribution >= 0.6 is 0 Å². The van der Waals surface area contributed by atoms with Crippen molar-refractivity contribution in [1.82, 2.24) is 0 Å². The number of rotatable bonds is 5. The molecule has 0 saturated carbocycles. The van der Waals surface area contributed by atoms with Gasteiger partial charge in [-0.2, -0.15) is 0 Å². The minimum atomic E-state index is -3.40. The van der Waals surface area contributed by atoms with Crippen molar-refractivity contribution in [3.63, 3.8) is 0 Å². The van der Waals surface area contributed by atoms with E-state index in [1.54, 1.807) is 44.2 Å². The molecule has 0 aliphatic heterocycles. The van der Waals surface area contributed by atoms with Gasteiger partial charge in [0.25, 0.3) is 0 Å². The van der Waals surface area contributed by atoms with Crippen LogP contribution in [0, 0.1) is 5.92 Å². The number of carbonyl (C=O) groups is 1. The number of benzene rings is 1. The molecule has 0 aliphatic carbocycles. The molecule has 4 nitrogen and oxygen atoms in total. The summed E-state index contributed by atoms with van der Waals surface area (Å²) in [6, 6.07) is 8.27. The third kappa shape index (κ3) is 3.32. The number of sulfone groups is 1. The average Bonchev–Trinajstić information content (AvgIpc) is 2.38. The third-order valence-corrected chi connectivity index (χ3v) is 5.45. The maximum Gasteiger partial charge on any atom is 0.305 e. The number of hydrogen-bond donors (Lipinski definition) is 0. The lowest BCUT2D eigenvalue weighted by atomic mass is 10.1. The molecule has 1 aromatic rings. The van der Waals surface area contributed by atoms with E-state index in [0.717, 1.165) is 0 Å². The molecule has 0 bridgehead atoms. The largest absolute Gasteiger partial charge is 0.469 e. The highest BCUT2D eigenvalue weighted by Crippen LogP contribution is 2.23. The molecule has 18 heavy (non-hydrogen) atoms. The van der Waals surface area contributed by atoms with Crippen LogP contribution in [0.5, 0.6) is 0 Å². The summed E-state index contributed by atoms with van der Waals surface area (Å²) in [7, 11) is -2.10. The highest BCUT2D eigenvalue weighted by molar-refractivity contribution is 7.92. The van der Waals surface area contributed by atoms with E-state index in [1.807, 2.05) is 0 Å². The SMILES string of the molecule is COC(=O)C[C@H](C)[C@@H](C)S(=O)(=O)c1ccccc1. The van der Waals surface area contributed by atoms with E-state index >= 15 is 0 Å². The lowest BCUT2D eigenvalue weighted by Crippen LogP contribution is -2.27. The number of ether oxygens (including phenoxy) is 1. The Kier molecular flexibility index (Phi) is 4.90. The monoisotopic (exact) mass is 270 g/mol. The fourth-order valence-corrected chi connectivity index (χ4v) is 3.32. The topological polar surface area (TPSA) is 60.4 Å². The van der Waals surface area contributed by atoms with Crippen molar-refractivity contribution in [3.05, 3.63) is 30.3 Å². The minimum absolute atomic E-state index is 0.101. The van der Waals surface area contributed by atoms with Crippen LogP contribution < -0.4 is 0 Å². The van der Waals surface area contributed by atoms with E-state index < -0.39 is 21.1 Å². The fraction of sp³-hybridized carbons (Fsp3) is 0.462. The van der Waals surface area contributed by atoms with Crippen LogP contribution in [-0.4, -0.2) is 26.7 Å². The molecule has 1 rings (SSSR count). The molecule has 0 aromatic heterocycles. The van der Waals surface area contributed by atoms with Gasteiger partial charge in [-0.05, 0) is 25.0 Å². The average molecular weight is 270 g/mol. The van der Waals surface area contributed by atoms with Crippen molar-refractivity contribution < 1.29 is 17.9 Å². The number of esters is 1. The summed E-state index contributed by atoms with van der Waals surface area (Å²) >= 11 is 0. The van der Waals surface area contributed by atoms with Crippen molar-refractivity contribution in [2.75, 3.05) is 7.11 Å². The molecule has 0 spiro atoms. The Balaban J connectivity index is 2.89. The summed E-state index contributed by atoms with van der Waals surface area (Å²) < 4.78 is 29.1. The maximum absolute atomic E-state index is 12.3. The zero-order valence-electron chi connectivity index (χ0n) is 10.8. The van der Waals surface area contributed by atoms with Crippen LogP contribution in [-0.2, 0) is 19.4 Å². The summed E-state index contributed by atoms with van der Waals surface area (Å²) in [5.74, 6) is -0.680. The molecule has 1 aromatic carbocycles. The first-order chi connectivity index (χ1) is 8.39. The van der Waals surface area contributed by atoms with E-state index in [-0.39, 0.29) is 17.2 Å². The summed E-state index contributed by atoms with van der Waals surface area (Å²) in [6.45, 7) is 3.36. The van der Waals surface area contributed by atoms with Gasteiger partial charge in [0, 0.05) is 6.42 Å². The first-order valence-corrected chi connectivity index (χ1v) is 7.30. The van der Waals surface area contributed by atoms with Crippen LogP contribution in [0.4, 0.5) is 0 Å². The highest BCUT2D eigenvalue weighted by atomic mass is 32.2. The van der Waals surface area contributed by atoms with Gasteiger partial charge in [0.2, 0.25) is 0 Å². The zero-order chi connectivity index (χ0) is 13.8. The molecule has 0 unspecified atom stereocenters. The van der Waals surface area contributed by atoms with Crippen LogP contribution in [0.2, 0.25) is 0 Å². The van der Waals surface area contributed by atoms with Gasteiger partial charge in [-0.1, -0.05) is 25.1 Å². The van der Waals surface area contributed by atoms with E-state index in [9.17, 15) is 13.2 Å². The van der Waals surface area contributed by atoms with Crippen LogP contribution in [0.25, 0.3) is 0 Å². The quantitative estimate of drug-likeness (QED) is 0.768. The predicted molar refractivity (Wildman–Crippen MR) is 68.9 cm³/mol.